The first kappa shape index (κ1) is 16.1. The molecule has 4 heteroatoms. The molecular weight excluding hydrogens is 266 g/mol. The molecule has 1 aromatic carbocycles. The molecule has 21 heavy (non-hydrogen) atoms. The fourth-order valence-corrected chi connectivity index (χ4v) is 3.03. The van der Waals surface area contributed by atoms with Crippen LogP contribution >= 0.6 is 0 Å². The molecule has 0 aromatic heterocycles. The molecule has 1 atom stereocenters. The van der Waals surface area contributed by atoms with Crippen LogP contribution in [0.4, 0.5) is 0 Å². The van der Waals surface area contributed by atoms with E-state index in [2.05, 4.69) is 24.4 Å². The van der Waals surface area contributed by atoms with Gasteiger partial charge in [0.25, 0.3) is 0 Å². The van der Waals surface area contributed by atoms with Crippen molar-refractivity contribution in [2.45, 2.75) is 44.2 Å². The fourth-order valence-electron chi connectivity index (χ4n) is 3.03. The van der Waals surface area contributed by atoms with Crippen molar-refractivity contribution in [3.8, 4) is 11.5 Å². The number of benzene rings is 1. The summed E-state index contributed by atoms with van der Waals surface area (Å²) in [6.45, 7) is 3.14. The molecule has 118 valence electrons. The van der Waals surface area contributed by atoms with Crippen LogP contribution in [-0.2, 0) is 4.74 Å². The van der Waals surface area contributed by atoms with Crippen molar-refractivity contribution in [3.63, 3.8) is 0 Å². The third-order valence-corrected chi connectivity index (χ3v) is 4.44. The summed E-state index contributed by atoms with van der Waals surface area (Å²) in [5.74, 6) is 1.64. The fraction of sp³-hybridized carbons (Fsp3) is 0.647. The highest BCUT2D eigenvalue weighted by Crippen LogP contribution is 2.46. The summed E-state index contributed by atoms with van der Waals surface area (Å²) in [6, 6.07) is 6.23. The number of nitrogens with one attached hydrogen (secondary N) is 1. The van der Waals surface area contributed by atoms with Gasteiger partial charge in [0.2, 0.25) is 0 Å². The van der Waals surface area contributed by atoms with E-state index >= 15 is 0 Å². The van der Waals surface area contributed by atoms with Crippen LogP contribution in [0.5, 0.6) is 11.5 Å². The normalized spacial score (nSPS) is 17.9. The minimum atomic E-state index is -0.105. The SMILES string of the molecule is CCCNC(c1cc(OC)cc(OC)c1)C1(OC)CCC1. The Balaban J connectivity index is 2.35. The van der Waals surface area contributed by atoms with Crippen LogP contribution in [0.3, 0.4) is 0 Å². The first-order valence-corrected chi connectivity index (χ1v) is 7.70. The number of hydrogen-bond acceptors (Lipinski definition) is 4. The molecule has 0 amide bonds. The molecule has 0 saturated heterocycles. The van der Waals surface area contributed by atoms with Gasteiger partial charge < -0.3 is 19.5 Å². The second-order valence-corrected chi connectivity index (χ2v) is 5.66. The molecule has 2 rings (SSSR count). The van der Waals surface area contributed by atoms with Crippen molar-refractivity contribution in [1.82, 2.24) is 5.32 Å². The lowest BCUT2D eigenvalue weighted by atomic mass is 9.72. The van der Waals surface area contributed by atoms with Gasteiger partial charge in [0.15, 0.2) is 0 Å². The van der Waals surface area contributed by atoms with Gasteiger partial charge in [-0.05, 0) is 49.9 Å². The topological polar surface area (TPSA) is 39.7 Å². The van der Waals surface area contributed by atoms with Gasteiger partial charge in [-0.1, -0.05) is 6.92 Å². The van der Waals surface area contributed by atoms with Gasteiger partial charge in [-0.3, -0.25) is 0 Å². The van der Waals surface area contributed by atoms with E-state index in [-0.39, 0.29) is 11.6 Å². The van der Waals surface area contributed by atoms with Gasteiger partial charge in [-0.15, -0.1) is 0 Å². The summed E-state index contributed by atoms with van der Waals surface area (Å²) >= 11 is 0. The zero-order valence-corrected chi connectivity index (χ0v) is 13.6. The zero-order chi connectivity index (χ0) is 15.3. The van der Waals surface area contributed by atoms with Crippen LogP contribution in [0.1, 0.15) is 44.2 Å². The van der Waals surface area contributed by atoms with Crippen molar-refractivity contribution < 1.29 is 14.2 Å². The van der Waals surface area contributed by atoms with E-state index in [1.54, 1.807) is 14.2 Å². The standard InChI is InChI=1S/C17H27NO3/c1-5-9-18-16(17(21-4)7-6-8-17)13-10-14(19-2)12-15(11-13)20-3/h10-12,16,18H,5-9H2,1-4H3. The summed E-state index contributed by atoms with van der Waals surface area (Å²) in [4.78, 5) is 0. The van der Waals surface area contributed by atoms with E-state index in [0.29, 0.717) is 0 Å². The second-order valence-electron chi connectivity index (χ2n) is 5.66. The lowest BCUT2D eigenvalue weighted by Gasteiger charge is -2.47. The van der Waals surface area contributed by atoms with E-state index in [0.717, 1.165) is 37.3 Å². The number of methoxy groups -OCH3 is 3. The maximum absolute atomic E-state index is 5.89. The van der Waals surface area contributed by atoms with Gasteiger partial charge in [0, 0.05) is 13.2 Å². The maximum atomic E-state index is 5.89. The lowest BCUT2D eigenvalue weighted by molar-refractivity contribution is -0.0997. The Kier molecular flexibility index (Phi) is 5.48. The molecular formula is C17H27NO3. The Morgan fingerprint density at radius 3 is 2.10 bits per heavy atom. The van der Waals surface area contributed by atoms with Crippen molar-refractivity contribution in [1.29, 1.82) is 0 Å². The summed E-state index contributed by atoms with van der Waals surface area (Å²) in [7, 11) is 5.18. The monoisotopic (exact) mass is 293 g/mol. The molecule has 1 saturated carbocycles. The van der Waals surface area contributed by atoms with Crippen LogP contribution < -0.4 is 14.8 Å². The molecule has 0 radical (unpaired) electrons. The van der Waals surface area contributed by atoms with Crippen molar-refractivity contribution in [2.75, 3.05) is 27.9 Å². The van der Waals surface area contributed by atoms with Crippen LogP contribution in [0, 0.1) is 0 Å². The minimum Gasteiger partial charge on any atom is -0.497 e. The minimum absolute atomic E-state index is 0.105. The highest BCUT2D eigenvalue weighted by Gasteiger charge is 2.45. The van der Waals surface area contributed by atoms with Gasteiger partial charge in [-0.25, -0.2) is 0 Å². The smallest absolute Gasteiger partial charge is 0.122 e. The lowest BCUT2D eigenvalue weighted by Crippen LogP contribution is -2.50. The number of ether oxygens (including phenoxy) is 3. The highest BCUT2D eigenvalue weighted by atomic mass is 16.5. The highest BCUT2D eigenvalue weighted by molar-refractivity contribution is 5.41. The quantitative estimate of drug-likeness (QED) is 0.798. The summed E-state index contributed by atoms with van der Waals surface area (Å²) in [5.41, 5.74) is 1.06. The Hall–Kier alpha value is -1.26. The summed E-state index contributed by atoms with van der Waals surface area (Å²) in [6.07, 6.45) is 4.49. The van der Waals surface area contributed by atoms with E-state index in [4.69, 9.17) is 14.2 Å². The van der Waals surface area contributed by atoms with Gasteiger partial charge in [0.1, 0.15) is 11.5 Å². The molecule has 1 aliphatic carbocycles. The number of hydrogen-bond donors (Lipinski definition) is 1. The number of rotatable bonds is 8. The summed E-state index contributed by atoms with van der Waals surface area (Å²) < 4.78 is 16.7. The summed E-state index contributed by atoms with van der Waals surface area (Å²) in [5, 5.41) is 3.65. The van der Waals surface area contributed by atoms with Crippen molar-refractivity contribution in [3.05, 3.63) is 23.8 Å². The molecule has 4 nitrogen and oxygen atoms in total. The Bertz CT molecular complexity index is 430. The van der Waals surface area contributed by atoms with E-state index in [1.807, 2.05) is 13.2 Å². The van der Waals surface area contributed by atoms with E-state index < -0.39 is 0 Å². The molecule has 1 aromatic rings. The maximum Gasteiger partial charge on any atom is 0.122 e. The third kappa shape index (κ3) is 3.33. The Morgan fingerprint density at radius 1 is 1.10 bits per heavy atom. The van der Waals surface area contributed by atoms with Gasteiger partial charge >= 0.3 is 0 Å². The molecule has 0 heterocycles. The Morgan fingerprint density at radius 2 is 1.71 bits per heavy atom. The molecule has 0 spiro atoms. The molecule has 1 unspecified atom stereocenters. The largest absolute Gasteiger partial charge is 0.497 e. The molecule has 0 aliphatic heterocycles. The van der Waals surface area contributed by atoms with Crippen LogP contribution in [-0.4, -0.2) is 33.5 Å². The van der Waals surface area contributed by atoms with Crippen LogP contribution in [0.15, 0.2) is 18.2 Å². The van der Waals surface area contributed by atoms with E-state index in [9.17, 15) is 0 Å². The van der Waals surface area contributed by atoms with Gasteiger partial charge in [0.05, 0.1) is 25.9 Å². The predicted molar refractivity (Wildman–Crippen MR) is 84.2 cm³/mol. The average Bonchev–Trinajstić information content (AvgIpc) is 2.49. The predicted octanol–water partition coefficient (Wildman–Crippen LogP) is 3.31. The average molecular weight is 293 g/mol. The second kappa shape index (κ2) is 7.14. The first-order valence-electron chi connectivity index (χ1n) is 7.70. The molecule has 1 fully saturated rings. The van der Waals surface area contributed by atoms with Gasteiger partial charge in [-0.2, -0.15) is 0 Å². The zero-order valence-electron chi connectivity index (χ0n) is 13.6. The van der Waals surface area contributed by atoms with E-state index in [1.165, 1.54) is 12.0 Å². The van der Waals surface area contributed by atoms with Crippen LogP contribution in [0.2, 0.25) is 0 Å². The molecule has 1 N–H and O–H groups in total. The third-order valence-electron chi connectivity index (χ3n) is 4.44. The molecule has 1 aliphatic rings. The van der Waals surface area contributed by atoms with Crippen LogP contribution in [0.25, 0.3) is 0 Å². The Labute approximate surface area is 127 Å². The first-order chi connectivity index (χ1) is 10.2. The van der Waals surface area contributed by atoms with Crippen molar-refractivity contribution in [2.24, 2.45) is 0 Å². The molecule has 0 bridgehead atoms. The van der Waals surface area contributed by atoms with Crippen molar-refractivity contribution >= 4 is 0 Å².